The first-order chi connectivity index (χ1) is 11.9. The Morgan fingerprint density at radius 1 is 1.08 bits per heavy atom. The Bertz CT molecular complexity index is 865. The van der Waals surface area contributed by atoms with Gasteiger partial charge in [-0.05, 0) is 37.7 Å². The normalized spacial score (nSPS) is 16.2. The van der Waals surface area contributed by atoms with Crippen molar-refractivity contribution < 1.29 is 17.6 Å². The number of aryl methyl sites for hydroxylation is 1. The van der Waals surface area contributed by atoms with Gasteiger partial charge in [0.25, 0.3) is 5.91 Å². The zero-order valence-corrected chi connectivity index (χ0v) is 15.3. The molecule has 25 heavy (non-hydrogen) atoms. The summed E-state index contributed by atoms with van der Waals surface area (Å²) in [6.45, 7) is 4.69. The van der Waals surface area contributed by atoms with E-state index in [2.05, 4.69) is 4.90 Å². The molecule has 0 atom stereocenters. The van der Waals surface area contributed by atoms with Crippen molar-refractivity contribution in [2.45, 2.75) is 17.6 Å². The van der Waals surface area contributed by atoms with E-state index in [1.165, 1.54) is 0 Å². The summed E-state index contributed by atoms with van der Waals surface area (Å²) in [5.74, 6) is 0.0290. The number of piperazine rings is 1. The Kier molecular flexibility index (Phi) is 4.96. The highest BCUT2D eigenvalue weighted by Gasteiger charge is 2.24. The van der Waals surface area contributed by atoms with Crippen LogP contribution in [0.2, 0.25) is 0 Å². The first kappa shape index (κ1) is 17.7. The lowest BCUT2D eigenvalue weighted by molar-refractivity contribution is 0.0631. The molecule has 1 aromatic carbocycles. The minimum absolute atomic E-state index is 0.187. The van der Waals surface area contributed by atoms with Crippen LogP contribution in [0.4, 0.5) is 0 Å². The zero-order chi connectivity index (χ0) is 18.0. The Morgan fingerprint density at radius 3 is 2.44 bits per heavy atom. The van der Waals surface area contributed by atoms with Crippen LogP contribution >= 0.6 is 0 Å². The monoisotopic (exact) mass is 362 g/mol. The van der Waals surface area contributed by atoms with E-state index in [0.29, 0.717) is 23.5 Å². The van der Waals surface area contributed by atoms with Gasteiger partial charge in [-0.25, -0.2) is 8.42 Å². The molecule has 1 aliphatic heterocycles. The molecule has 6 nitrogen and oxygen atoms in total. The summed E-state index contributed by atoms with van der Waals surface area (Å²) in [6.07, 6.45) is 0. The molecule has 1 aliphatic rings. The molecule has 2 aromatic rings. The summed E-state index contributed by atoms with van der Waals surface area (Å²) in [4.78, 5) is 16.7. The van der Waals surface area contributed by atoms with E-state index in [4.69, 9.17) is 4.42 Å². The number of benzene rings is 1. The molecule has 1 saturated heterocycles. The average molecular weight is 362 g/mol. The van der Waals surface area contributed by atoms with Gasteiger partial charge in [-0.3, -0.25) is 4.79 Å². The van der Waals surface area contributed by atoms with Crippen LogP contribution in [0.25, 0.3) is 0 Å². The van der Waals surface area contributed by atoms with E-state index in [0.717, 1.165) is 13.1 Å². The van der Waals surface area contributed by atoms with Crippen LogP contribution < -0.4 is 0 Å². The maximum absolute atomic E-state index is 12.6. The van der Waals surface area contributed by atoms with Crippen LogP contribution in [-0.2, 0) is 15.6 Å². The molecule has 0 N–H and O–H groups in total. The third-order valence-corrected chi connectivity index (χ3v) is 6.22. The molecule has 0 radical (unpaired) electrons. The van der Waals surface area contributed by atoms with Crippen molar-refractivity contribution in [3.05, 3.63) is 53.5 Å². The smallest absolute Gasteiger partial charge is 0.289 e. The number of likely N-dealkylation sites (N-methyl/N-ethyl adjacent to an activating group) is 1. The minimum Gasteiger partial charge on any atom is -0.455 e. The summed E-state index contributed by atoms with van der Waals surface area (Å²) in [5, 5.41) is 0. The number of carbonyl (C=O) groups excluding carboxylic acids is 1. The second kappa shape index (κ2) is 7.01. The molecule has 3 rings (SSSR count). The summed E-state index contributed by atoms with van der Waals surface area (Å²) in [7, 11) is -1.50. The average Bonchev–Trinajstić information content (AvgIpc) is 3.03. The summed E-state index contributed by atoms with van der Waals surface area (Å²) < 4.78 is 30.7. The van der Waals surface area contributed by atoms with Gasteiger partial charge in [0.2, 0.25) is 0 Å². The first-order valence-corrected chi connectivity index (χ1v) is 9.87. The fourth-order valence-electron chi connectivity index (χ4n) is 2.91. The van der Waals surface area contributed by atoms with Gasteiger partial charge in [-0.15, -0.1) is 0 Å². The van der Waals surface area contributed by atoms with Gasteiger partial charge in [-0.1, -0.05) is 18.2 Å². The number of hydrogen-bond acceptors (Lipinski definition) is 5. The quantitative estimate of drug-likeness (QED) is 0.831. The highest BCUT2D eigenvalue weighted by molar-refractivity contribution is 7.90. The van der Waals surface area contributed by atoms with Gasteiger partial charge < -0.3 is 14.2 Å². The number of amides is 1. The van der Waals surface area contributed by atoms with Gasteiger partial charge in [0.1, 0.15) is 11.5 Å². The lowest BCUT2D eigenvalue weighted by atomic mass is 10.2. The lowest BCUT2D eigenvalue weighted by Crippen LogP contribution is -2.47. The predicted octanol–water partition coefficient (Wildman–Crippen LogP) is 1.95. The largest absolute Gasteiger partial charge is 0.455 e. The molecule has 1 fully saturated rings. The topological polar surface area (TPSA) is 70.8 Å². The van der Waals surface area contributed by atoms with Crippen molar-refractivity contribution in [2.75, 3.05) is 33.2 Å². The van der Waals surface area contributed by atoms with E-state index in [1.54, 1.807) is 48.2 Å². The van der Waals surface area contributed by atoms with Crippen molar-refractivity contribution in [1.82, 2.24) is 9.80 Å². The molecule has 0 saturated carbocycles. The van der Waals surface area contributed by atoms with E-state index in [-0.39, 0.29) is 23.2 Å². The first-order valence-electron chi connectivity index (χ1n) is 8.22. The number of furan rings is 1. The molecule has 0 unspecified atom stereocenters. The molecule has 0 aliphatic carbocycles. The highest BCUT2D eigenvalue weighted by Crippen LogP contribution is 2.21. The fourth-order valence-corrected chi connectivity index (χ4v) is 4.44. The van der Waals surface area contributed by atoms with Crippen LogP contribution in [-0.4, -0.2) is 57.4 Å². The van der Waals surface area contributed by atoms with Gasteiger partial charge in [-0.2, -0.15) is 0 Å². The van der Waals surface area contributed by atoms with Crippen molar-refractivity contribution in [3.63, 3.8) is 0 Å². The number of sulfone groups is 1. The van der Waals surface area contributed by atoms with Gasteiger partial charge in [0.05, 0.1) is 4.90 Å². The maximum atomic E-state index is 12.6. The van der Waals surface area contributed by atoms with Gasteiger partial charge >= 0.3 is 0 Å². The Hall–Kier alpha value is -2.12. The second-order valence-electron chi connectivity index (χ2n) is 6.39. The Morgan fingerprint density at radius 2 is 1.76 bits per heavy atom. The van der Waals surface area contributed by atoms with Crippen LogP contribution in [0.3, 0.4) is 0 Å². The van der Waals surface area contributed by atoms with Crippen molar-refractivity contribution >= 4 is 15.7 Å². The van der Waals surface area contributed by atoms with E-state index < -0.39 is 9.84 Å². The van der Waals surface area contributed by atoms with Gasteiger partial charge in [0.15, 0.2) is 15.6 Å². The van der Waals surface area contributed by atoms with Crippen molar-refractivity contribution in [1.29, 1.82) is 0 Å². The number of hydrogen-bond donors (Lipinski definition) is 0. The van der Waals surface area contributed by atoms with E-state index in [1.807, 2.05) is 7.05 Å². The van der Waals surface area contributed by atoms with Crippen LogP contribution in [0.15, 0.2) is 45.7 Å². The molecule has 0 bridgehead atoms. The minimum atomic E-state index is -3.51. The van der Waals surface area contributed by atoms with Crippen molar-refractivity contribution in [3.8, 4) is 0 Å². The molecule has 134 valence electrons. The summed E-state index contributed by atoms with van der Waals surface area (Å²) in [5.41, 5.74) is 0.697. The standard InChI is InChI=1S/C18H22N2O4S/c1-14-5-3-4-6-17(14)25(22,23)13-15-7-8-16(24-15)18(21)20-11-9-19(2)10-12-20/h3-8H,9-13H2,1-2H3. The Labute approximate surface area is 148 Å². The zero-order valence-electron chi connectivity index (χ0n) is 14.4. The third-order valence-electron chi connectivity index (χ3n) is 4.42. The summed E-state index contributed by atoms with van der Waals surface area (Å²) in [6, 6.07) is 9.97. The molecule has 0 spiro atoms. The lowest BCUT2D eigenvalue weighted by Gasteiger charge is -2.31. The number of rotatable bonds is 4. The fraction of sp³-hybridized carbons (Fsp3) is 0.389. The van der Waals surface area contributed by atoms with Crippen molar-refractivity contribution in [2.24, 2.45) is 0 Å². The summed E-state index contributed by atoms with van der Waals surface area (Å²) >= 11 is 0. The third kappa shape index (κ3) is 3.93. The molecule has 1 amide bonds. The SMILES string of the molecule is Cc1ccccc1S(=O)(=O)Cc1ccc(C(=O)N2CCN(C)CC2)o1. The van der Waals surface area contributed by atoms with E-state index >= 15 is 0 Å². The highest BCUT2D eigenvalue weighted by atomic mass is 32.2. The maximum Gasteiger partial charge on any atom is 0.289 e. The molecular weight excluding hydrogens is 340 g/mol. The second-order valence-corrected chi connectivity index (χ2v) is 8.34. The van der Waals surface area contributed by atoms with Crippen LogP contribution in [0.5, 0.6) is 0 Å². The molecule has 7 heteroatoms. The molecular formula is C18H22N2O4S. The van der Waals surface area contributed by atoms with Crippen LogP contribution in [0.1, 0.15) is 21.9 Å². The molecule has 1 aromatic heterocycles. The predicted molar refractivity (Wildman–Crippen MR) is 94.2 cm³/mol. The number of nitrogens with zero attached hydrogens (tertiary/aromatic N) is 2. The van der Waals surface area contributed by atoms with E-state index in [9.17, 15) is 13.2 Å². The van der Waals surface area contributed by atoms with Crippen LogP contribution in [0, 0.1) is 6.92 Å². The number of carbonyl (C=O) groups is 1. The Balaban J connectivity index is 1.73. The van der Waals surface area contributed by atoms with Gasteiger partial charge in [0, 0.05) is 26.2 Å². The molecule has 2 heterocycles.